The lowest BCUT2D eigenvalue weighted by Gasteiger charge is -2.30. The summed E-state index contributed by atoms with van der Waals surface area (Å²) in [5.74, 6) is 0. The number of fused-ring (bicyclic) bond motifs is 3. The Morgan fingerprint density at radius 1 is 0.234 bits per heavy atom. The third kappa shape index (κ3) is 7.13. The van der Waals surface area contributed by atoms with Gasteiger partial charge in [-0.1, -0.05) is 170 Å². The minimum atomic E-state index is 0.774. The van der Waals surface area contributed by atoms with Gasteiger partial charge in [-0.25, -0.2) is 0 Å². The van der Waals surface area contributed by atoms with Crippen LogP contribution in [0.4, 0.5) is 51.2 Å². The van der Waals surface area contributed by atoms with Gasteiger partial charge >= 0.3 is 0 Å². The topological polar surface area (TPSA) is 22.9 Å². The zero-order valence-corrected chi connectivity index (χ0v) is 35.1. The van der Waals surface area contributed by atoms with Gasteiger partial charge in [-0.05, 0) is 108 Å². The second kappa shape index (κ2) is 17.0. The van der Waals surface area contributed by atoms with E-state index in [4.69, 9.17) is 4.42 Å². The Balaban J connectivity index is 1.23. The molecule has 0 aliphatic rings. The smallest absolute Gasteiger partial charge is 0.161 e. The minimum Gasteiger partial charge on any atom is -0.454 e. The van der Waals surface area contributed by atoms with Gasteiger partial charge < -0.3 is 19.1 Å². The van der Waals surface area contributed by atoms with E-state index >= 15 is 0 Å². The normalized spacial score (nSPS) is 11.1. The molecule has 0 aliphatic heterocycles. The van der Waals surface area contributed by atoms with Crippen molar-refractivity contribution in [1.82, 2.24) is 0 Å². The minimum absolute atomic E-state index is 0.774. The van der Waals surface area contributed by atoms with Crippen LogP contribution in [0, 0.1) is 0 Å². The van der Waals surface area contributed by atoms with Crippen molar-refractivity contribution in [3.8, 4) is 22.3 Å². The van der Waals surface area contributed by atoms with E-state index < -0.39 is 0 Å². The highest BCUT2D eigenvalue weighted by atomic mass is 16.3. The summed E-state index contributed by atoms with van der Waals surface area (Å²) in [7, 11) is 0. The Bertz CT molecular complexity index is 3260. The van der Waals surface area contributed by atoms with Gasteiger partial charge in [-0.15, -0.1) is 0 Å². The van der Waals surface area contributed by atoms with Crippen molar-refractivity contribution in [2.75, 3.05) is 14.7 Å². The molecule has 1 aromatic heterocycles. The average molecular weight is 822 g/mol. The first-order chi connectivity index (χ1) is 31.8. The highest BCUT2D eigenvalue weighted by Crippen LogP contribution is 2.53. The highest BCUT2D eigenvalue weighted by Gasteiger charge is 2.29. The molecule has 10 aromatic carbocycles. The van der Waals surface area contributed by atoms with Gasteiger partial charge in [0, 0.05) is 34.0 Å². The van der Waals surface area contributed by atoms with E-state index in [9.17, 15) is 0 Å². The van der Waals surface area contributed by atoms with Crippen LogP contribution in [0.5, 0.6) is 0 Å². The van der Waals surface area contributed by atoms with Crippen molar-refractivity contribution in [3.05, 3.63) is 261 Å². The fourth-order valence-electron chi connectivity index (χ4n) is 8.96. The average Bonchev–Trinajstić information content (AvgIpc) is 3.78. The van der Waals surface area contributed by atoms with E-state index in [-0.39, 0.29) is 0 Å². The van der Waals surface area contributed by atoms with E-state index in [0.717, 1.165) is 89.8 Å². The summed E-state index contributed by atoms with van der Waals surface area (Å²) in [4.78, 5) is 7.06. The monoisotopic (exact) mass is 821 g/mol. The number of rotatable bonds is 11. The second-order valence-electron chi connectivity index (χ2n) is 15.7. The molecule has 0 aliphatic carbocycles. The molecule has 0 fully saturated rings. The first-order valence-electron chi connectivity index (χ1n) is 21.7. The standard InChI is InChI=1S/C60H43N3O/c1-7-22-44(23-8-1)45-38-40-51(41-39-45)62(49-30-15-5-16-31-49)54-36-21-37-57-58(54)59-55(61(47-26-11-3-12-27-47)48-28-13-4-14-29-48)42-43-56(60(59)64-57)63(50-32-17-6-18-33-50)53-35-20-19-34-52(53)46-24-9-2-10-25-46/h1-43H. The number of furan rings is 1. The maximum absolute atomic E-state index is 7.36. The Morgan fingerprint density at radius 2 is 0.625 bits per heavy atom. The summed E-state index contributed by atoms with van der Waals surface area (Å²) in [6.07, 6.45) is 0. The summed E-state index contributed by atoms with van der Waals surface area (Å²) < 4.78 is 7.36. The lowest BCUT2D eigenvalue weighted by Crippen LogP contribution is -2.14. The molecule has 0 atom stereocenters. The van der Waals surface area contributed by atoms with Crippen LogP contribution in [0.15, 0.2) is 265 Å². The van der Waals surface area contributed by atoms with Crippen molar-refractivity contribution >= 4 is 73.1 Å². The second-order valence-corrected chi connectivity index (χ2v) is 15.7. The molecule has 0 saturated carbocycles. The molecule has 0 N–H and O–H groups in total. The third-order valence-electron chi connectivity index (χ3n) is 11.8. The van der Waals surface area contributed by atoms with E-state index in [2.05, 4.69) is 276 Å². The van der Waals surface area contributed by atoms with E-state index in [0.29, 0.717) is 0 Å². The van der Waals surface area contributed by atoms with Gasteiger partial charge in [0.05, 0.1) is 33.5 Å². The summed E-state index contributed by atoms with van der Waals surface area (Å²) in [6, 6.07) is 92.1. The van der Waals surface area contributed by atoms with Gasteiger partial charge in [-0.2, -0.15) is 0 Å². The first-order valence-corrected chi connectivity index (χ1v) is 21.7. The number of nitrogens with zero attached hydrogens (tertiary/aromatic N) is 3. The van der Waals surface area contributed by atoms with Gasteiger partial charge in [0.25, 0.3) is 0 Å². The van der Waals surface area contributed by atoms with E-state index in [1.165, 1.54) is 5.56 Å². The quantitative estimate of drug-likeness (QED) is 0.130. The maximum Gasteiger partial charge on any atom is 0.161 e. The van der Waals surface area contributed by atoms with E-state index in [1.807, 2.05) is 0 Å². The van der Waals surface area contributed by atoms with Gasteiger partial charge in [0.1, 0.15) is 5.58 Å². The molecule has 4 heteroatoms. The first kappa shape index (κ1) is 38.3. The highest BCUT2D eigenvalue weighted by molar-refractivity contribution is 6.22. The molecule has 4 nitrogen and oxygen atoms in total. The molecular formula is C60H43N3O. The van der Waals surface area contributed by atoms with Crippen LogP contribution in [0.25, 0.3) is 44.2 Å². The Labute approximate surface area is 373 Å². The van der Waals surface area contributed by atoms with Crippen LogP contribution in [-0.4, -0.2) is 0 Å². The lowest BCUT2D eigenvalue weighted by atomic mass is 10.0. The van der Waals surface area contributed by atoms with Crippen molar-refractivity contribution in [3.63, 3.8) is 0 Å². The largest absolute Gasteiger partial charge is 0.454 e. The number of para-hydroxylation sites is 5. The molecule has 0 unspecified atom stereocenters. The fraction of sp³-hybridized carbons (Fsp3) is 0. The molecule has 304 valence electrons. The van der Waals surface area contributed by atoms with Crippen molar-refractivity contribution in [2.45, 2.75) is 0 Å². The number of hydrogen-bond acceptors (Lipinski definition) is 4. The zero-order chi connectivity index (χ0) is 42.7. The maximum atomic E-state index is 7.36. The molecule has 0 bridgehead atoms. The van der Waals surface area contributed by atoms with Crippen LogP contribution < -0.4 is 14.7 Å². The summed E-state index contributed by atoms with van der Waals surface area (Å²) >= 11 is 0. The summed E-state index contributed by atoms with van der Waals surface area (Å²) in [5.41, 5.74) is 15.3. The predicted molar refractivity (Wildman–Crippen MR) is 269 cm³/mol. The third-order valence-corrected chi connectivity index (χ3v) is 11.8. The van der Waals surface area contributed by atoms with Crippen molar-refractivity contribution in [2.24, 2.45) is 0 Å². The molecule has 0 amide bonds. The van der Waals surface area contributed by atoms with Crippen molar-refractivity contribution in [1.29, 1.82) is 0 Å². The summed E-state index contributed by atoms with van der Waals surface area (Å²) in [5, 5.41) is 2.00. The number of benzene rings is 10. The molecule has 11 aromatic rings. The van der Waals surface area contributed by atoms with Crippen LogP contribution in [0.1, 0.15) is 0 Å². The van der Waals surface area contributed by atoms with Crippen LogP contribution in [-0.2, 0) is 0 Å². The van der Waals surface area contributed by atoms with Gasteiger partial charge in [-0.3, -0.25) is 0 Å². The van der Waals surface area contributed by atoms with Crippen LogP contribution in [0.2, 0.25) is 0 Å². The molecule has 0 spiro atoms. The predicted octanol–water partition coefficient (Wildman–Crippen LogP) is 17.3. The lowest BCUT2D eigenvalue weighted by molar-refractivity contribution is 0.669. The molecule has 0 saturated heterocycles. The van der Waals surface area contributed by atoms with Gasteiger partial charge in [0.2, 0.25) is 0 Å². The molecule has 1 heterocycles. The number of hydrogen-bond donors (Lipinski definition) is 0. The van der Waals surface area contributed by atoms with Crippen LogP contribution in [0.3, 0.4) is 0 Å². The number of anilines is 9. The Morgan fingerprint density at radius 3 is 1.17 bits per heavy atom. The SMILES string of the molecule is c1ccc(-c2ccc(N(c3ccccc3)c3cccc4oc5c(N(c6ccccc6)c6ccccc6-c6ccccc6)ccc(N(c6ccccc6)c6ccccc6)c5c34)cc2)cc1. The molecule has 0 radical (unpaired) electrons. The molecular weight excluding hydrogens is 779 g/mol. The zero-order valence-electron chi connectivity index (χ0n) is 35.1. The Hall–Kier alpha value is -8.60. The summed E-state index contributed by atoms with van der Waals surface area (Å²) in [6.45, 7) is 0. The van der Waals surface area contributed by atoms with Crippen molar-refractivity contribution < 1.29 is 4.42 Å². The Kier molecular flexibility index (Phi) is 10.2. The fourth-order valence-corrected chi connectivity index (χ4v) is 8.96. The van der Waals surface area contributed by atoms with E-state index in [1.54, 1.807) is 0 Å². The molecule has 11 rings (SSSR count). The van der Waals surface area contributed by atoms with Crippen LogP contribution >= 0.6 is 0 Å². The van der Waals surface area contributed by atoms with Gasteiger partial charge in [0.15, 0.2) is 5.58 Å². The molecule has 64 heavy (non-hydrogen) atoms.